The van der Waals surface area contributed by atoms with E-state index in [4.69, 9.17) is 4.74 Å². The van der Waals surface area contributed by atoms with Crippen LogP contribution in [0.4, 0.5) is 0 Å². The van der Waals surface area contributed by atoms with E-state index < -0.39 is 6.04 Å². The van der Waals surface area contributed by atoms with Gasteiger partial charge in [-0.15, -0.1) is 0 Å². The molecule has 0 unspecified atom stereocenters. The van der Waals surface area contributed by atoms with Gasteiger partial charge in [-0.2, -0.15) is 0 Å². The fourth-order valence-electron chi connectivity index (χ4n) is 3.70. The van der Waals surface area contributed by atoms with Crippen LogP contribution in [0.25, 0.3) is 0 Å². The van der Waals surface area contributed by atoms with E-state index in [-0.39, 0.29) is 24.5 Å². The predicted octanol–water partition coefficient (Wildman–Crippen LogP) is 5.30. The number of amides is 2. The van der Waals surface area contributed by atoms with E-state index in [1.54, 1.807) is 17.0 Å². The molecule has 0 bridgehead atoms. The van der Waals surface area contributed by atoms with E-state index in [2.05, 4.69) is 21.2 Å². The maximum Gasteiger partial charge on any atom is 0.261 e. The van der Waals surface area contributed by atoms with Crippen molar-refractivity contribution >= 4 is 27.7 Å². The number of nitrogens with one attached hydrogen (secondary N) is 1. The van der Waals surface area contributed by atoms with Crippen molar-refractivity contribution in [3.05, 3.63) is 100 Å². The van der Waals surface area contributed by atoms with Gasteiger partial charge in [-0.1, -0.05) is 76.1 Å². The topological polar surface area (TPSA) is 58.6 Å². The highest BCUT2D eigenvalue weighted by Crippen LogP contribution is 2.19. The van der Waals surface area contributed by atoms with Gasteiger partial charge in [0.1, 0.15) is 11.8 Å². The summed E-state index contributed by atoms with van der Waals surface area (Å²) in [6, 6.07) is 24.4. The third-order valence-corrected chi connectivity index (χ3v) is 5.84. The van der Waals surface area contributed by atoms with Crippen molar-refractivity contribution in [2.75, 3.05) is 6.61 Å². The highest BCUT2D eigenvalue weighted by Gasteiger charge is 2.31. The average molecular weight is 523 g/mol. The van der Waals surface area contributed by atoms with Crippen molar-refractivity contribution in [2.45, 2.75) is 45.8 Å². The lowest BCUT2D eigenvalue weighted by molar-refractivity contribution is -0.143. The van der Waals surface area contributed by atoms with Crippen LogP contribution in [0.2, 0.25) is 0 Å². The van der Waals surface area contributed by atoms with Crippen molar-refractivity contribution in [3.8, 4) is 5.75 Å². The number of ether oxygens (including phenoxy) is 1. The maximum atomic E-state index is 13.5. The third kappa shape index (κ3) is 7.73. The summed E-state index contributed by atoms with van der Waals surface area (Å²) in [7, 11) is 0. The largest absolute Gasteiger partial charge is 0.484 e. The Bertz CT molecular complexity index is 1080. The zero-order valence-corrected chi connectivity index (χ0v) is 21.4. The van der Waals surface area contributed by atoms with Crippen LogP contribution in [0.1, 0.15) is 30.5 Å². The summed E-state index contributed by atoms with van der Waals surface area (Å²) < 4.78 is 6.71. The van der Waals surface area contributed by atoms with E-state index in [9.17, 15) is 9.59 Å². The van der Waals surface area contributed by atoms with Crippen LogP contribution >= 0.6 is 15.9 Å². The second-order valence-corrected chi connectivity index (χ2v) is 9.54. The summed E-state index contributed by atoms with van der Waals surface area (Å²) in [5, 5.41) is 3.00. The summed E-state index contributed by atoms with van der Waals surface area (Å²) in [5.74, 6) is 0.172. The van der Waals surface area contributed by atoms with E-state index in [0.717, 1.165) is 21.2 Å². The first-order valence-electron chi connectivity index (χ1n) is 11.4. The minimum atomic E-state index is -0.675. The molecule has 0 aliphatic carbocycles. The lowest BCUT2D eigenvalue weighted by Gasteiger charge is -2.32. The summed E-state index contributed by atoms with van der Waals surface area (Å²) >= 11 is 3.40. The minimum Gasteiger partial charge on any atom is -0.484 e. The molecule has 0 aliphatic heterocycles. The van der Waals surface area contributed by atoms with Gasteiger partial charge < -0.3 is 15.0 Å². The number of halogens is 1. The number of rotatable bonds is 10. The van der Waals surface area contributed by atoms with Gasteiger partial charge in [-0.25, -0.2) is 0 Å². The fraction of sp³-hybridized carbons (Fsp3) is 0.286. The molecule has 3 aromatic rings. The number of hydrogen-bond donors (Lipinski definition) is 1. The molecule has 5 nitrogen and oxygen atoms in total. The third-order valence-electron chi connectivity index (χ3n) is 5.31. The van der Waals surface area contributed by atoms with Gasteiger partial charge in [0, 0.05) is 23.5 Å². The van der Waals surface area contributed by atoms with Crippen LogP contribution < -0.4 is 10.1 Å². The van der Waals surface area contributed by atoms with E-state index >= 15 is 0 Å². The fourth-order valence-corrected chi connectivity index (χ4v) is 3.97. The molecule has 3 rings (SSSR count). The lowest BCUT2D eigenvalue weighted by atomic mass is 10.0. The molecule has 0 radical (unpaired) electrons. The van der Waals surface area contributed by atoms with Gasteiger partial charge in [0.2, 0.25) is 5.91 Å². The first-order valence-corrected chi connectivity index (χ1v) is 12.2. The SMILES string of the molecule is Cc1cccc(CN(C(=O)COc2ccc(Br)cc2)[C@H](Cc2ccccc2)C(=O)NC(C)C)c1. The second kappa shape index (κ2) is 12.4. The molecule has 178 valence electrons. The van der Waals surface area contributed by atoms with Crippen molar-refractivity contribution in [1.82, 2.24) is 10.2 Å². The summed E-state index contributed by atoms with van der Waals surface area (Å²) in [6.07, 6.45) is 0.412. The molecule has 1 atom stereocenters. The van der Waals surface area contributed by atoms with Crippen molar-refractivity contribution in [1.29, 1.82) is 0 Å². The zero-order valence-electron chi connectivity index (χ0n) is 19.8. The molecular formula is C28H31BrN2O3. The number of benzene rings is 3. The molecule has 6 heteroatoms. The molecular weight excluding hydrogens is 492 g/mol. The van der Waals surface area contributed by atoms with E-state index in [0.29, 0.717) is 18.7 Å². The van der Waals surface area contributed by atoms with Gasteiger partial charge in [-0.3, -0.25) is 9.59 Å². The molecule has 2 amide bonds. The number of carbonyl (C=O) groups excluding carboxylic acids is 2. The maximum absolute atomic E-state index is 13.5. The molecule has 0 heterocycles. The lowest BCUT2D eigenvalue weighted by Crippen LogP contribution is -2.52. The Balaban J connectivity index is 1.90. The Morgan fingerprint density at radius 1 is 0.941 bits per heavy atom. The Morgan fingerprint density at radius 2 is 1.62 bits per heavy atom. The average Bonchev–Trinajstić information content (AvgIpc) is 2.81. The minimum absolute atomic E-state index is 0.0410. The van der Waals surface area contributed by atoms with E-state index in [1.807, 2.05) is 87.5 Å². The number of aryl methyl sites for hydroxylation is 1. The molecule has 0 spiro atoms. The van der Waals surface area contributed by atoms with Gasteiger partial charge in [0.25, 0.3) is 5.91 Å². The van der Waals surface area contributed by atoms with Crippen molar-refractivity contribution < 1.29 is 14.3 Å². The van der Waals surface area contributed by atoms with Gasteiger partial charge in [0.15, 0.2) is 6.61 Å². The molecule has 0 saturated heterocycles. The van der Waals surface area contributed by atoms with Gasteiger partial charge in [-0.05, 0) is 56.2 Å². The molecule has 0 fully saturated rings. The Kier molecular flexibility index (Phi) is 9.28. The molecule has 1 N–H and O–H groups in total. The van der Waals surface area contributed by atoms with Crippen molar-refractivity contribution in [2.24, 2.45) is 0 Å². The van der Waals surface area contributed by atoms with Crippen LogP contribution in [-0.4, -0.2) is 35.4 Å². The molecule has 0 aliphatic rings. The highest BCUT2D eigenvalue weighted by atomic mass is 79.9. The molecule has 0 saturated carbocycles. The van der Waals surface area contributed by atoms with Crippen LogP contribution in [0.3, 0.4) is 0 Å². The Morgan fingerprint density at radius 3 is 2.26 bits per heavy atom. The Hall–Kier alpha value is -3.12. The second-order valence-electron chi connectivity index (χ2n) is 8.62. The standard InChI is InChI=1S/C28H31BrN2O3/c1-20(2)30-28(33)26(17-22-9-5-4-6-10-22)31(18-23-11-7-8-21(3)16-23)27(32)19-34-25-14-12-24(29)13-15-25/h4-16,20,26H,17-19H2,1-3H3,(H,30,33)/t26-/m1/s1. The summed E-state index contributed by atoms with van der Waals surface area (Å²) in [4.78, 5) is 28.5. The van der Waals surface area contributed by atoms with Crippen molar-refractivity contribution in [3.63, 3.8) is 0 Å². The molecule has 3 aromatic carbocycles. The number of hydrogen-bond acceptors (Lipinski definition) is 3. The highest BCUT2D eigenvalue weighted by molar-refractivity contribution is 9.10. The van der Waals surface area contributed by atoms with Crippen LogP contribution in [0, 0.1) is 6.92 Å². The number of carbonyl (C=O) groups is 2. The number of nitrogens with zero attached hydrogens (tertiary/aromatic N) is 1. The monoisotopic (exact) mass is 522 g/mol. The summed E-state index contributed by atoms with van der Waals surface area (Å²) in [6.45, 7) is 6.00. The first-order chi connectivity index (χ1) is 16.3. The van der Waals surface area contributed by atoms with Crippen LogP contribution in [-0.2, 0) is 22.6 Å². The smallest absolute Gasteiger partial charge is 0.261 e. The summed E-state index contributed by atoms with van der Waals surface area (Å²) in [5.41, 5.74) is 3.05. The zero-order chi connectivity index (χ0) is 24.5. The molecule has 0 aromatic heterocycles. The van der Waals surface area contributed by atoms with E-state index in [1.165, 1.54) is 0 Å². The van der Waals surface area contributed by atoms with Crippen LogP contribution in [0.5, 0.6) is 5.75 Å². The Labute approximate surface area is 210 Å². The van der Waals surface area contributed by atoms with Gasteiger partial charge in [0.05, 0.1) is 0 Å². The quantitative estimate of drug-likeness (QED) is 0.393. The van der Waals surface area contributed by atoms with Gasteiger partial charge >= 0.3 is 0 Å². The predicted molar refractivity (Wildman–Crippen MR) is 139 cm³/mol. The normalized spacial score (nSPS) is 11.7. The first kappa shape index (κ1) is 25.5. The molecule has 34 heavy (non-hydrogen) atoms. The van der Waals surface area contributed by atoms with Crippen LogP contribution in [0.15, 0.2) is 83.3 Å².